The lowest BCUT2D eigenvalue weighted by Gasteiger charge is -2.13. The number of hydrogen-bond acceptors (Lipinski definition) is 6. The van der Waals surface area contributed by atoms with E-state index in [1.54, 1.807) is 36.4 Å². The lowest BCUT2D eigenvalue weighted by molar-refractivity contribution is -0.143. The monoisotopic (exact) mass is 410 g/mol. The molecule has 1 atom stereocenters. The van der Waals surface area contributed by atoms with Crippen LogP contribution in [0, 0.1) is 5.82 Å². The van der Waals surface area contributed by atoms with Gasteiger partial charge in [-0.05, 0) is 60.7 Å². The number of aromatic nitrogens is 1. The van der Waals surface area contributed by atoms with Gasteiger partial charge in [0.25, 0.3) is 5.91 Å². The molecular weight excluding hydrogens is 391 g/mol. The molecule has 0 unspecified atom stereocenters. The number of methoxy groups -OCH3 is 1. The number of carbonyl (C=O) groups excluding carboxylic acids is 2. The van der Waals surface area contributed by atoms with Crippen molar-refractivity contribution in [2.45, 2.75) is 6.04 Å². The SMILES string of the molecule is COC(=O)[C@@H](CO)NC(=O)c1cccc(-c2ccc(Oc3ccc(F)cc3)cc2)n1. The normalized spacial score (nSPS) is 11.4. The van der Waals surface area contributed by atoms with Crippen LogP contribution in [0.5, 0.6) is 11.5 Å². The van der Waals surface area contributed by atoms with Crippen molar-refractivity contribution < 1.29 is 28.6 Å². The molecule has 3 rings (SSSR count). The summed E-state index contributed by atoms with van der Waals surface area (Å²) in [6, 6.07) is 16.4. The van der Waals surface area contributed by atoms with Gasteiger partial charge in [-0.1, -0.05) is 6.07 Å². The lowest BCUT2D eigenvalue weighted by atomic mass is 10.1. The minimum Gasteiger partial charge on any atom is -0.467 e. The quantitative estimate of drug-likeness (QED) is 0.582. The third kappa shape index (κ3) is 5.18. The van der Waals surface area contributed by atoms with E-state index in [9.17, 15) is 19.1 Å². The zero-order valence-electron chi connectivity index (χ0n) is 16.0. The number of nitrogens with zero attached hydrogens (tertiary/aromatic N) is 1. The maximum absolute atomic E-state index is 13.0. The van der Waals surface area contributed by atoms with Crippen molar-refractivity contribution in [1.29, 1.82) is 0 Å². The molecule has 0 aliphatic heterocycles. The molecule has 154 valence electrons. The van der Waals surface area contributed by atoms with Gasteiger partial charge in [-0.25, -0.2) is 14.2 Å². The molecule has 0 fully saturated rings. The highest BCUT2D eigenvalue weighted by atomic mass is 19.1. The first-order valence-corrected chi connectivity index (χ1v) is 9.00. The molecule has 1 aromatic heterocycles. The Morgan fingerprint density at radius 2 is 1.67 bits per heavy atom. The summed E-state index contributed by atoms with van der Waals surface area (Å²) in [4.78, 5) is 28.2. The molecule has 2 aromatic carbocycles. The van der Waals surface area contributed by atoms with E-state index < -0.39 is 24.5 Å². The van der Waals surface area contributed by atoms with Gasteiger partial charge in [0.2, 0.25) is 0 Å². The fourth-order valence-electron chi connectivity index (χ4n) is 2.61. The van der Waals surface area contributed by atoms with Gasteiger partial charge in [-0.3, -0.25) is 4.79 Å². The number of ether oxygens (including phenoxy) is 2. The molecule has 1 heterocycles. The number of hydrogen-bond donors (Lipinski definition) is 2. The van der Waals surface area contributed by atoms with Crippen molar-refractivity contribution in [3.05, 3.63) is 78.2 Å². The number of aliphatic hydroxyl groups excluding tert-OH is 1. The van der Waals surface area contributed by atoms with Crippen molar-refractivity contribution in [2.24, 2.45) is 0 Å². The van der Waals surface area contributed by atoms with Gasteiger partial charge in [-0.2, -0.15) is 0 Å². The summed E-state index contributed by atoms with van der Waals surface area (Å²) in [5, 5.41) is 11.6. The third-order valence-corrected chi connectivity index (χ3v) is 4.15. The minimum absolute atomic E-state index is 0.0847. The number of pyridine rings is 1. The number of amides is 1. The van der Waals surface area contributed by atoms with E-state index in [4.69, 9.17) is 4.74 Å². The second-order valence-corrected chi connectivity index (χ2v) is 6.22. The smallest absolute Gasteiger partial charge is 0.330 e. The molecule has 0 radical (unpaired) electrons. The summed E-state index contributed by atoms with van der Waals surface area (Å²) in [6.07, 6.45) is 0. The molecule has 7 nitrogen and oxygen atoms in total. The summed E-state index contributed by atoms with van der Waals surface area (Å²) >= 11 is 0. The van der Waals surface area contributed by atoms with Crippen LogP contribution in [-0.4, -0.2) is 41.7 Å². The number of carbonyl (C=O) groups is 2. The summed E-state index contributed by atoms with van der Waals surface area (Å²) in [5.74, 6) is -0.644. The predicted octanol–water partition coefficient (Wildman–Crippen LogP) is 2.94. The predicted molar refractivity (Wildman–Crippen MR) is 107 cm³/mol. The molecule has 3 aromatic rings. The zero-order valence-corrected chi connectivity index (χ0v) is 16.0. The fourth-order valence-corrected chi connectivity index (χ4v) is 2.61. The van der Waals surface area contributed by atoms with Crippen LogP contribution < -0.4 is 10.1 Å². The standard InChI is InChI=1S/C22H19FN2O5/c1-29-22(28)20(13-26)25-21(27)19-4-2-3-18(24-19)14-5-9-16(10-6-14)30-17-11-7-15(23)8-12-17/h2-12,20,26H,13H2,1H3,(H,25,27)/t20-/m1/s1. The van der Waals surface area contributed by atoms with Crippen molar-refractivity contribution in [3.63, 3.8) is 0 Å². The van der Waals surface area contributed by atoms with Gasteiger partial charge in [0.1, 0.15) is 23.0 Å². The van der Waals surface area contributed by atoms with E-state index >= 15 is 0 Å². The van der Waals surface area contributed by atoms with Crippen LogP contribution >= 0.6 is 0 Å². The van der Waals surface area contributed by atoms with E-state index in [1.807, 2.05) is 0 Å². The van der Waals surface area contributed by atoms with Gasteiger partial charge < -0.3 is 19.9 Å². The Labute approximate surface area is 172 Å². The molecule has 2 N–H and O–H groups in total. The molecule has 8 heteroatoms. The van der Waals surface area contributed by atoms with Crippen LogP contribution in [-0.2, 0) is 9.53 Å². The average molecular weight is 410 g/mol. The Morgan fingerprint density at radius 1 is 1.03 bits per heavy atom. The van der Waals surface area contributed by atoms with E-state index in [-0.39, 0.29) is 11.5 Å². The Balaban J connectivity index is 1.72. The number of halogens is 1. The Hall–Kier alpha value is -3.78. The van der Waals surface area contributed by atoms with Gasteiger partial charge >= 0.3 is 5.97 Å². The minimum atomic E-state index is -1.17. The highest BCUT2D eigenvalue weighted by molar-refractivity contribution is 5.95. The van der Waals surface area contributed by atoms with E-state index in [0.29, 0.717) is 17.2 Å². The van der Waals surface area contributed by atoms with Crippen LogP contribution in [0.15, 0.2) is 66.7 Å². The van der Waals surface area contributed by atoms with Gasteiger partial charge in [0.15, 0.2) is 6.04 Å². The molecule has 0 saturated carbocycles. The number of rotatable bonds is 7. The lowest BCUT2D eigenvalue weighted by Crippen LogP contribution is -2.44. The number of nitrogens with one attached hydrogen (secondary N) is 1. The zero-order chi connectivity index (χ0) is 21.5. The number of aliphatic hydroxyl groups is 1. The molecule has 30 heavy (non-hydrogen) atoms. The maximum Gasteiger partial charge on any atom is 0.330 e. The van der Waals surface area contributed by atoms with Gasteiger partial charge in [-0.15, -0.1) is 0 Å². The van der Waals surface area contributed by atoms with E-state index in [0.717, 1.165) is 5.56 Å². The van der Waals surface area contributed by atoms with Crippen LogP contribution in [0.4, 0.5) is 4.39 Å². The van der Waals surface area contributed by atoms with Crippen molar-refractivity contribution in [1.82, 2.24) is 10.3 Å². The van der Waals surface area contributed by atoms with Gasteiger partial charge in [0.05, 0.1) is 19.4 Å². The molecule has 0 spiro atoms. The first-order chi connectivity index (χ1) is 14.5. The molecule has 0 aliphatic carbocycles. The molecule has 1 amide bonds. The van der Waals surface area contributed by atoms with E-state index in [1.165, 1.54) is 37.4 Å². The second-order valence-electron chi connectivity index (χ2n) is 6.22. The first-order valence-electron chi connectivity index (χ1n) is 9.00. The molecular formula is C22H19FN2O5. The first kappa shape index (κ1) is 20.9. The van der Waals surface area contributed by atoms with Gasteiger partial charge in [0, 0.05) is 5.56 Å². The van der Waals surface area contributed by atoms with Crippen molar-refractivity contribution >= 4 is 11.9 Å². The van der Waals surface area contributed by atoms with Crippen LogP contribution in [0.1, 0.15) is 10.5 Å². The molecule has 0 saturated heterocycles. The summed E-state index contributed by atoms with van der Waals surface area (Å²) in [5.41, 5.74) is 1.36. The Kier molecular flexibility index (Phi) is 6.71. The average Bonchev–Trinajstić information content (AvgIpc) is 2.79. The maximum atomic E-state index is 13.0. The highest BCUT2D eigenvalue weighted by Crippen LogP contribution is 2.25. The largest absolute Gasteiger partial charge is 0.467 e. The number of benzene rings is 2. The second kappa shape index (κ2) is 9.62. The van der Waals surface area contributed by atoms with Crippen molar-refractivity contribution in [3.8, 4) is 22.8 Å². The number of esters is 1. The van der Waals surface area contributed by atoms with Crippen LogP contribution in [0.3, 0.4) is 0 Å². The fraction of sp³-hybridized carbons (Fsp3) is 0.136. The topological polar surface area (TPSA) is 97.8 Å². The summed E-state index contributed by atoms with van der Waals surface area (Å²) in [7, 11) is 1.17. The summed E-state index contributed by atoms with van der Waals surface area (Å²) < 4.78 is 23.2. The Morgan fingerprint density at radius 3 is 2.27 bits per heavy atom. The van der Waals surface area contributed by atoms with E-state index in [2.05, 4.69) is 15.0 Å². The van der Waals surface area contributed by atoms with Crippen molar-refractivity contribution in [2.75, 3.05) is 13.7 Å². The third-order valence-electron chi connectivity index (χ3n) is 4.15. The highest BCUT2D eigenvalue weighted by Gasteiger charge is 2.21. The molecule has 0 aliphatic rings. The Bertz CT molecular complexity index is 1020. The summed E-state index contributed by atoms with van der Waals surface area (Å²) in [6.45, 7) is -0.590. The molecule has 0 bridgehead atoms. The van der Waals surface area contributed by atoms with Crippen LogP contribution in [0.25, 0.3) is 11.3 Å². The van der Waals surface area contributed by atoms with Crippen LogP contribution in [0.2, 0.25) is 0 Å².